The van der Waals surface area contributed by atoms with Gasteiger partial charge in [0.05, 0.1) is 19.8 Å². The molecule has 0 aliphatic carbocycles. The van der Waals surface area contributed by atoms with E-state index in [9.17, 15) is 4.79 Å². The number of nitrogens with zero attached hydrogens (tertiary/aromatic N) is 1. The summed E-state index contributed by atoms with van der Waals surface area (Å²) in [6.07, 6.45) is 0. The second-order valence-corrected chi connectivity index (χ2v) is 3.12. The fraction of sp³-hybridized carbons (Fsp3) is 0.200. The van der Waals surface area contributed by atoms with Crippen LogP contribution in [0.3, 0.4) is 0 Å². The Morgan fingerprint density at radius 1 is 1.47 bits per heavy atom. The van der Waals surface area contributed by atoms with Gasteiger partial charge in [0.25, 0.3) is 0 Å². The predicted octanol–water partition coefficient (Wildman–Crippen LogP) is 1.64. The molecule has 0 aliphatic heterocycles. The summed E-state index contributed by atoms with van der Waals surface area (Å²) in [5.41, 5.74) is 0.263. The summed E-state index contributed by atoms with van der Waals surface area (Å²) in [5, 5.41) is 8.90. The van der Waals surface area contributed by atoms with E-state index in [1.807, 2.05) is 6.07 Å². The van der Waals surface area contributed by atoms with Crippen molar-refractivity contribution in [1.82, 2.24) is 0 Å². The van der Waals surface area contributed by atoms with Crippen molar-refractivity contribution in [3.63, 3.8) is 0 Å². The Bertz CT molecular complexity index is 437. The van der Waals surface area contributed by atoms with Crippen LogP contribution < -0.4 is 4.74 Å². The molecule has 0 saturated heterocycles. The highest BCUT2D eigenvalue weighted by Gasteiger charge is 2.19. The maximum atomic E-state index is 11.4. The lowest BCUT2D eigenvalue weighted by atomic mass is 10.1. The van der Waals surface area contributed by atoms with Crippen molar-refractivity contribution in [2.24, 2.45) is 0 Å². The van der Waals surface area contributed by atoms with E-state index in [1.165, 1.54) is 14.2 Å². The molecule has 0 atom stereocenters. The zero-order valence-electron chi connectivity index (χ0n) is 8.27. The van der Waals surface area contributed by atoms with E-state index < -0.39 is 5.97 Å². The van der Waals surface area contributed by atoms with Gasteiger partial charge in [0, 0.05) is 4.90 Å². The number of rotatable bonds is 2. The van der Waals surface area contributed by atoms with Gasteiger partial charge < -0.3 is 9.47 Å². The third-order valence-electron chi connectivity index (χ3n) is 1.87. The molecule has 0 aromatic heterocycles. The van der Waals surface area contributed by atoms with Gasteiger partial charge in [-0.2, -0.15) is 5.26 Å². The minimum atomic E-state index is -0.612. The Morgan fingerprint density at radius 2 is 2.13 bits per heavy atom. The van der Waals surface area contributed by atoms with Crippen LogP contribution in [0, 0.1) is 11.3 Å². The molecule has 0 N–H and O–H groups in total. The molecular formula is C10H9NO3S. The smallest absolute Gasteiger partial charge is 0.343 e. The number of esters is 1. The third kappa shape index (κ3) is 2.05. The van der Waals surface area contributed by atoms with Gasteiger partial charge in [-0.15, -0.1) is 12.6 Å². The van der Waals surface area contributed by atoms with Crippen LogP contribution in [-0.2, 0) is 4.74 Å². The van der Waals surface area contributed by atoms with Crippen molar-refractivity contribution in [1.29, 1.82) is 5.26 Å². The maximum absolute atomic E-state index is 11.4. The van der Waals surface area contributed by atoms with Crippen molar-refractivity contribution in [3.8, 4) is 11.8 Å². The summed E-state index contributed by atoms with van der Waals surface area (Å²) >= 11 is 4.08. The first-order valence-electron chi connectivity index (χ1n) is 4.04. The van der Waals surface area contributed by atoms with Crippen LogP contribution in [0.5, 0.6) is 5.75 Å². The number of hydrogen-bond acceptors (Lipinski definition) is 5. The minimum Gasteiger partial charge on any atom is -0.496 e. The van der Waals surface area contributed by atoms with E-state index in [1.54, 1.807) is 12.1 Å². The number of carbonyl (C=O) groups excluding carboxylic acids is 1. The number of ether oxygens (including phenoxy) is 2. The summed E-state index contributed by atoms with van der Waals surface area (Å²) in [6, 6.07) is 5.05. The number of hydrogen-bond donors (Lipinski definition) is 1. The summed E-state index contributed by atoms with van der Waals surface area (Å²) in [7, 11) is 2.66. The second-order valence-electron chi connectivity index (χ2n) is 2.64. The summed E-state index contributed by atoms with van der Waals surface area (Å²) in [5.74, 6) is -0.310. The monoisotopic (exact) mass is 223 g/mol. The van der Waals surface area contributed by atoms with Crippen LogP contribution in [0.25, 0.3) is 0 Å². The van der Waals surface area contributed by atoms with Crippen LogP contribution in [0.1, 0.15) is 15.9 Å². The van der Waals surface area contributed by atoms with Crippen molar-refractivity contribution in [3.05, 3.63) is 23.3 Å². The fourth-order valence-corrected chi connectivity index (χ4v) is 1.40. The number of nitriles is 1. The largest absolute Gasteiger partial charge is 0.496 e. The van der Waals surface area contributed by atoms with Crippen molar-refractivity contribution < 1.29 is 14.3 Å². The topological polar surface area (TPSA) is 59.3 Å². The molecule has 15 heavy (non-hydrogen) atoms. The molecule has 78 valence electrons. The van der Waals surface area contributed by atoms with E-state index in [4.69, 9.17) is 10.00 Å². The molecule has 1 aromatic carbocycles. The van der Waals surface area contributed by atoms with Gasteiger partial charge in [-0.3, -0.25) is 0 Å². The Balaban J connectivity index is 3.49. The van der Waals surface area contributed by atoms with Crippen LogP contribution in [-0.4, -0.2) is 20.2 Å². The average Bonchev–Trinajstić information content (AvgIpc) is 2.27. The molecule has 4 nitrogen and oxygen atoms in total. The fourth-order valence-electron chi connectivity index (χ4n) is 1.16. The first-order chi connectivity index (χ1) is 7.15. The lowest BCUT2D eigenvalue weighted by Crippen LogP contribution is -2.07. The van der Waals surface area contributed by atoms with Crippen molar-refractivity contribution >= 4 is 18.6 Å². The summed E-state index contributed by atoms with van der Waals surface area (Å²) in [6.45, 7) is 0. The summed E-state index contributed by atoms with van der Waals surface area (Å²) in [4.78, 5) is 11.9. The van der Waals surface area contributed by atoms with Gasteiger partial charge in [0.2, 0.25) is 0 Å². The second kappa shape index (κ2) is 4.71. The first kappa shape index (κ1) is 11.4. The summed E-state index contributed by atoms with van der Waals surface area (Å²) < 4.78 is 9.55. The lowest BCUT2D eigenvalue weighted by molar-refractivity contribution is 0.0596. The highest BCUT2D eigenvalue weighted by atomic mass is 32.1. The maximum Gasteiger partial charge on any atom is 0.343 e. The highest BCUT2D eigenvalue weighted by Crippen LogP contribution is 2.27. The molecule has 0 spiro atoms. The third-order valence-corrected chi connectivity index (χ3v) is 2.24. The van der Waals surface area contributed by atoms with Gasteiger partial charge in [-0.05, 0) is 12.1 Å². The van der Waals surface area contributed by atoms with E-state index >= 15 is 0 Å². The predicted molar refractivity (Wildman–Crippen MR) is 56.3 cm³/mol. The molecule has 0 aliphatic rings. The Morgan fingerprint density at radius 3 is 2.60 bits per heavy atom. The number of thiol groups is 1. The zero-order chi connectivity index (χ0) is 11.4. The molecule has 0 radical (unpaired) electrons. The molecular weight excluding hydrogens is 214 g/mol. The zero-order valence-corrected chi connectivity index (χ0v) is 9.17. The van der Waals surface area contributed by atoms with E-state index in [0.29, 0.717) is 10.6 Å². The Hall–Kier alpha value is -1.67. The SMILES string of the molecule is COC(=O)c1c(OC)ccc(S)c1C#N. The van der Waals surface area contributed by atoms with Crippen molar-refractivity contribution in [2.75, 3.05) is 14.2 Å². The number of methoxy groups -OCH3 is 2. The minimum absolute atomic E-state index is 0.106. The van der Waals surface area contributed by atoms with Gasteiger partial charge in [0.1, 0.15) is 17.4 Å². The molecule has 0 bridgehead atoms. The van der Waals surface area contributed by atoms with E-state index in [2.05, 4.69) is 17.4 Å². The Kier molecular flexibility index (Phi) is 3.58. The quantitative estimate of drug-likeness (QED) is 0.611. The molecule has 0 amide bonds. The lowest BCUT2D eigenvalue weighted by Gasteiger charge is -2.09. The van der Waals surface area contributed by atoms with Crippen molar-refractivity contribution in [2.45, 2.75) is 4.90 Å². The van der Waals surface area contributed by atoms with Crippen LogP contribution in [0.2, 0.25) is 0 Å². The molecule has 5 heteroatoms. The van der Waals surface area contributed by atoms with E-state index in [-0.39, 0.29) is 11.1 Å². The molecule has 0 saturated carbocycles. The number of benzene rings is 1. The highest BCUT2D eigenvalue weighted by molar-refractivity contribution is 7.80. The van der Waals surface area contributed by atoms with Gasteiger partial charge >= 0.3 is 5.97 Å². The van der Waals surface area contributed by atoms with Gasteiger partial charge in [0.15, 0.2) is 0 Å². The Labute approximate surface area is 92.8 Å². The molecule has 0 fully saturated rings. The normalized spacial score (nSPS) is 9.20. The number of carbonyl (C=O) groups is 1. The molecule has 0 heterocycles. The van der Waals surface area contributed by atoms with Gasteiger partial charge in [-0.25, -0.2) is 4.79 Å². The average molecular weight is 223 g/mol. The molecule has 1 rings (SSSR count). The first-order valence-corrected chi connectivity index (χ1v) is 4.48. The van der Waals surface area contributed by atoms with Crippen LogP contribution in [0.4, 0.5) is 0 Å². The van der Waals surface area contributed by atoms with Crippen LogP contribution >= 0.6 is 12.6 Å². The van der Waals surface area contributed by atoms with Crippen LogP contribution in [0.15, 0.2) is 17.0 Å². The molecule has 1 aromatic rings. The van der Waals surface area contributed by atoms with E-state index in [0.717, 1.165) is 0 Å². The molecule has 0 unspecified atom stereocenters. The standard InChI is InChI=1S/C10H9NO3S/c1-13-7-3-4-8(15)6(5-11)9(7)10(12)14-2/h3-4,15H,1-2H3. The van der Waals surface area contributed by atoms with Gasteiger partial charge in [-0.1, -0.05) is 0 Å².